The Hall–Kier alpha value is -4.13. The molecular formula is C32H36FN7O3S. The molecule has 2 fully saturated rings. The van der Waals surface area contributed by atoms with E-state index in [-0.39, 0.29) is 35.8 Å². The van der Waals surface area contributed by atoms with E-state index in [0.29, 0.717) is 17.9 Å². The monoisotopic (exact) mass is 617 g/mol. The number of likely N-dealkylation sites (N-methyl/N-ethyl adjacent to an activating group) is 1. The Labute approximate surface area is 259 Å². The number of hydrogen-bond acceptors (Lipinski definition) is 8. The van der Waals surface area contributed by atoms with Gasteiger partial charge in [0.15, 0.2) is 11.6 Å². The summed E-state index contributed by atoms with van der Waals surface area (Å²) < 4.78 is 21.7. The van der Waals surface area contributed by atoms with E-state index in [1.807, 2.05) is 38.5 Å². The first-order valence-corrected chi connectivity index (χ1v) is 15.7. The number of aromatic nitrogens is 2. The van der Waals surface area contributed by atoms with Crippen LogP contribution >= 0.6 is 11.3 Å². The Balaban J connectivity index is 1.13. The van der Waals surface area contributed by atoms with Gasteiger partial charge in [-0.05, 0) is 82.6 Å². The van der Waals surface area contributed by atoms with E-state index in [1.54, 1.807) is 18.3 Å². The van der Waals surface area contributed by atoms with Crippen LogP contribution in [0.4, 0.5) is 14.9 Å². The number of carbonyl (C=O) groups excluding carboxylic acids is 2. The van der Waals surface area contributed by atoms with Crippen LogP contribution in [0.2, 0.25) is 0 Å². The second kappa shape index (κ2) is 13.2. The average Bonchev–Trinajstić information content (AvgIpc) is 3.43. The topological polar surface area (TPSA) is 121 Å². The molecule has 1 unspecified atom stereocenters. The first-order valence-electron chi connectivity index (χ1n) is 14.9. The van der Waals surface area contributed by atoms with Gasteiger partial charge in [0.1, 0.15) is 5.75 Å². The molecule has 4 aromatic rings. The number of fused-ring (bicyclic) bond motifs is 1. The predicted octanol–water partition coefficient (Wildman–Crippen LogP) is 4.91. The highest BCUT2D eigenvalue weighted by Gasteiger charge is 2.25. The highest BCUT2D eigenvalue weighted by Crippen LogP contribution is 2.39. The first kappa shape index (κ1) is 29.9. The van der Waals surface area contributed by atoms with E-state index in [1.165, 1.54) is 23.5 Å². The lowest BCUT2D eigenvalue weighted by Gasteiger charge is -2.24. The van der Waals surface area contributed by atoms with E-state index in [2.05, 4.69) is 31.2 Å². The summed E-state index contributed by atoms with van der Waals surface area (Å²) in [5.41, 5.74) is 2.89. The van der Waals surface area contributed by atoms with Gasteiger partial charge in [0.2, 0.25) is 5.91 Å². The molecule has 4 N–H and O–H groups in total. The molecule has 1 aliphatic carbocycles. The van der Waals surface area contributed by atoms with Gasteiger partial charge in [0, 0.05) is 48.8 Å². The minimum absolute atomic E-state index is 0.0362. The number of halogens is 1. The van der Waals surface area contributed by atoms with Crippen molar-refractivity contribution < 1.29 is 18.7 Å². The molecule has 3 amide bonds. The van der Waals surface area contributed by atoms with Crippen LogP contribution in [0.1, 0.15) is 31.2 Å². The number of rotatable bonds is 11. The Kier molecular flexibility index (Phi) is 9.01. The molecule has 1 saturated heterocycles. The molecular weight excluding hydrogens is 581 g/mol. The van der Waals surface area contributed by atoms with Crippen molar-refractivity contribution in [2.24, 2.45) is 0 Å². The fourth-order valence-electron chi connectivity index (χ4n) is 5.27. The Bertz CT molecular complexity index is 1630. The predicted molar refractivity (Wildman–Crippen MR) is 170 cm³/mol. The Morgan fingerprint density at radius 2 is 1.98 bits per heavy atom. The largest absolute Gasteiger partial charge is 0.453 e. The number of amides is 3. The van der Waals surface area contributed by atoms with Gasteiger partial charge in [-0.3, -0.25) is 14.8 Å². The Morgan fingerprint density at radius 3 is 2.68 bits per heavy atom. The zero-order chi connectivity index (χ0) is 30.6. The number of ether oxygens (including phenoxy) is 1. The second-order valence-electron chi connectivity index (χ2n) is 11.6. The number of benzene rings is 1. The van der Waals surface area contributed by atoms with Crippen LogP contribution in [-0.2, 0) is 11.2 Å². The maximum atomic E-state index is 14.9. The van der Waals surface area contributed by atoms with Crippen LogP contribution in [-0.4, -0.2) is 72.1 Å². The molecule has 10 nitrogen and oxygen atoms in total. The van der Waals surface area contributed by atoms with Crippen molar-refractivity contribution in [2.75, 3.05) is 32.5 Å². The van der Waals surface area contributed by atoms with Crippen molar-refractivity contribution in [3.63, 3.8) is 0 Å². The summed E-state index contributed by atoms with van der Waals surface area (Å²) in [5, 5.41) is 11.9. The standard InChI is InChI=1S/C32H36FN7O3S/c1-40(2)18-22(37-31(41)25-4-3-12-34-25)14-19-5-9-24(36-17-19)29-16-26-30(44-29)28(11-13-35-26)43-27-10-8-21(15-23(27)33)39-32(42)38-20-6-7-20/h5,8-11,13,15-17,20,22,25,34H,3-4,6-7,12,14,18H2,1-2H3,(H,37,41)(H2,38,39,42)/t22-,25?/m0/s1. The van der Waals surface area contributed by atoms with Gasteiger partial charge in [-0.2, -0.15) is 0 Å². The zero-order valence-corrected chi connectivity index (χ0v) is 25.5. The molecule has 4 heterocycles. The molecule has 2 aliphatic rings. The van der Waals surface area contributed by atoms with Crippen LogP contribution in [0, 0.1) is 5.82 Å². The third kappa shape index (κ3) is 7.50. The lowest BCUT2D eigenvalue weighted by Crippen LogP contribution is -2.49. The molecule has 12 heteroatoms. The van der Waals surface area contributed by atoms with Gasteiger partial charge in [-0.1, -0.05) is 6.07 Å². The molecule has 1 aromatic carbocycles. The van der Waals surface area contributed by atoms with Crippen LogP contribution < -0.4 is 26.0 Å². The highest BCUT2D eigenvalue weighted by atomic mass is 32.1. The van der Waals surface area contributed by atoms with E-state index < -0.39 is 5.82 Å². The lowest BCUT2D eigenvalue weighted by molar-refractivity contribution is -0.123. The SMILES string of the molecule is CN(C)C[C@H](Cc1ccc(-c2cc3nccc(Oc4ccc(NC(=O)NC5CC5)cc4F)c3s2)nc1)NC(=O)C1CCCN1. The summed E-state index contributed by atoms with van der Waals surface area (Å²) in [6.07, 6.45) is 7.97. The van der Waals surface area contributed by atoms with Gasteiger partial charge in [-0.15, -0.1) is 11.3 Å². The smallest absolute Gasteiger partial charge is 0.319 e. The summed E-state index contributed by atoms with van der Waals surface area (Å²) in [4.78, 5) is 36.9. The number of nitrogens with zero attached hydrogens (tertiary/aromatic N) is 3. The molecule has 1 saturated carbocycles. The lowest BCUT2D eigenvalue weighted by atomic mass is 10.1. The highest BCUT2D eigenvalue weighted by molar-refractivity contribution is 7.22. The number of pyridine rings is 2. The number of hydrogen-bond donors (Lipinski definition) is 4. The molecule has 1 aliphatic heterocycles. The minimum Gasteiger partial charge on any atom is -0.453 e. The molecule has 3 aromatic heterocycles. The van der Waals surface area contributed by atoms with E-state index in [9.17, 15) is 14.0 Å². The number of urea groups is 1. The third-order valence-corrected chi connectivity index (χ3v) is 8.73. The Morgan fingerprint density at radius 1 is 1.11 bits per heavy atom. The summed E-state index contributed by atoms with van der Waals surface area (Å²) in [5.74, 6) is -0.00545. The van der Waals surface area contributed by atoms with Crippen LogP contribution in [0.5, 0.6) is 11.5 Å². The number of carbonyl (C=O) groups is 2. The maximum Gasteiger partial charge on any atom is 0.319 e. The number of anilines is 1. The molecule has 44 heavy (non-hydrogen) atoms. The number of thiophene rings is 1. The van der Waals surface area contributed by atoms with Gasteiger partial charge in [0.05, 0.1) is 26.8 Å². The molecule has 0 bridgehead atoms. The van der Waals surface area contributed by atoms with Crippen molar-refractivity contribution >= 4 is 39.2 Å². The number of nitrogens with one attached hydrogen (secondary N) is 4. The fourth-order valence-corrected chi connectivity index (χ4v) is 6.31. The van der Waals surface area contributed by atoms with E-state index in [0.717, 1.165) is 65.1 Å². The summed E-state index contributed by atoms with van der Waals surface area (Å²) in [7, 11) is 4.00. The first-order chi connectivity index (χ1) is 21.3. The second-order valence-corrected chi connectivity index (χ2v) is 12.7. The summed E-state index contributed by atoms with van der Waals surface area (Å²) >= 11 is 1.47. The van der Waals surface area contributed by atoms with Crippen molar-refractivity contribution in [3.8, 4) is 22.1 Å². The van der Waals surface area contributed by atoms with E-state index in [4.69, 9.17) is 9.72 Å². The molecule has 230 valence electrons. The van der Waals surface area contributed by atoms with Crippen LogP contribution in [0.25, 0.3) is 20.8 Å². The molecule has 0 radical (unpaired) electrons. The zero-order valence-electron chi connectivity index (χ0n) is 24.7. The summed E-state index contributed by atoms with van der Waals surface area (Å²) in [6.45, 7) is 1.60. The normalized spacial score (nSPS) is 17.0. The van der Waals surface area contributed by atoms with Crippen molar-refractivity contribution in [3.05, 3.63) is 66.2 Å². The van der Waals surface area contributed by atoms with Crippen molar-refractivity contribution in [2.45, 2.75) is 50.2 Å². The van der Waals surface area contributed by atoms with E-state index >= 15 is 0 Å². The molecule has 6 rings (SSSR count). The minimum atomic E-state index is -0.587. The van der Waals surface area contributed by atoms with Gasteiger partial charge in [-0.25, -0.2) is 9.18 Å². The van der Waals surface area contributed by atoms with Crippen LogP contribution in [0.3, 0.4) is 0 Å². The average molecular weight is 618 g/mol. The van der Waals surface area contributed by atoms with Gasteiger partial charge in [0.25, 0.3) is 0 Å². The van der Waals surface area contributed by atoms with Crippen LogP contribution in [0.15, 0.2) is 54.9 Å². The fraction of sp³-hybridized carbons (Fsp3) is 0.375. The van der Waals surface area contributed by atoms with Crippen molar-refractivity contribution in [1.29, 1.82) is 0 Å². The third-order valence-electron chi connectivity index (χ3n) is 7.57. The molecule has 2 atom stereocenters. The maximum absolute atomic E-state index is 14.9. The van der Waals surface area contributed by atoms with Crippen molar-refractivity contribution in [1.82, 2.24) is 30.8 Å². The quantitative estimate of drug-likeness (QED) is 0.189. The van der Waals surface area contributed by atoms with Gasteiger partial charge < -0.3 is 30.9 Å². The molecule has 0 spiro atoms. The van der Waals surface area contributed by atoms with Gasteiger partial charge >= 0.3 is 6.03 Å². The summed E-state index contributed by atoms with van der Waals surface area (Å²) in [6, 6.07) is 11.7.